The van der Waals surface area contributed by atoms with Gasteiger partial charge in [-0.15, -0.1) is 0 Å². The summed E-state index contributed by atoms with van der Waals surface area (Å²) in [4.78, 5) is 11.3. The van der Waals surface area contributed by atoms with E-state index in [4.69, 9.17) is 0 Å². The smallest absolute Gasteiger partial charge is 0.337 e. The predicted octanol–water partition coefficient (Wildman–Crippen LogP) is 2.00. The zero-order chi connectivity index (χ0) is 10.1. The van der Waals surface area contributed by atoms with Crippen LogP contribution < -0.4 is 5.32 Å². The van der Waals surface area contributed by atoms with Gasteiger partial charge in [0.25, 0.3) is 0 Å². The number of nitrogens with one attached hydrogen (secondary N) is 1. The van der Waals surface area contributed by atoms with Crippen molar-refractivity contribution in [2.45, 2.75) is 12.8 Å². The van der Waals surface area contributed by atoms with Crippen LogP contribution in [0, 0.1) is 0 Å². The van der Waals surface area contributed by atoms with Crippen molar-refractivity contribution < 1.29 is 9.53 Å². The van der Waals surface area contributed by atoms with E-state index in [0.29, 0.717) is 11.5 Å². The van der Waals surface area contributed by atoms with Gasteiger partial charge in [0, 0.05) is 18.2 Å². The van der Waals surface area contributed by atoms with Crippen LogP contribution in [0.4, 0.5) is 5.69 Å². The van der Waals surface area contributed by atoms with E-state index in [-0.39, 0.29) is 5.97 Å². The summed E-state index contributed by atoms with van der Waals surface area (Å²) >= 11 is 0. The molecule has 1 aromatic carbocycles. The molecule has 1 N–H and O–H groups in total. The van der Waals surface area contributed by atoms with Crippen molar-refractivity contribution in [3.05, 3.63) is 29.3 Å². The second kappa shape index (κ2) is 3.33. The number of esters is 1. The van der Waals surface area contributed by atoms with E-state index >= 15 is 0 Å². The Labute approximate surface area is 83.1 Å². The molecule has 1 heterocycles. The summed E-state index contributed by atoms with van der Waals surface area (Å²) in [6.07, 6.45) is 0. The maximum absolute atomic E-state index is 11.3. The molecule has 1 aliphatic heterocycles. The summed E-state index contributed by atoms with van der Waals surface area (Å²) in [5, 5.41) is 3.28. The Morgan fingerprint density at radius 3 is 3.07 bits per heavy atom. The van der Waals surface area contributed by atoms with Gasteiger partial charge in [-0.05, 0) is 23.8 Å². The van der Waals surface area contributed by atoms with E-state index in [1.165, 1.54) is 12.7 Å². The Morgan fingerprint density at radius 1 is 1.57 bits per heavy atom. The number of methoxy groups -OCH3 is 1. The Balaban J connectivity index is 2.39. The SMILES string of the molecule is COC(=O)c1ccc2c(c1)C(C)CN2. The number of anilines is 1. The molecule has 1 atom stereocenters. The van der Waals surface area contributed by atoms with E-state index in [9.17, 15) is 4.79 Å². The fraction of sp³-hybridized carbons (Fsp3) is 0.364. The third-order valence-electron chi connectivity index (χ3n) is 2.60. The quantitative estimate of drug-likeness (QED) is 0.690. The maximum Gasteiger partial charge on any atom is 0.337 e. The van der Waals surface area contributed by atoms with Crippen molar-refractivity contribution in [3.8, 4) is 0 Å². The van der Waals surface area contributed by atoms with E-state index in [2.05, 4.69) is 17.0 Å². The minimum atomic E-state index is -0.271. The molecule has 0 fully saturated rings. The zero-order valence-corrected chi connectivity index (χ0v) is 8.33. The van der Waals surface area contributed by atoms with E-state index in [1.807, 2.05) is 12.1 Å². The van der Waals surface area contributed by atoms with Crippen LogP contribution in [0.2, 0.25) is 0 Å². The van der Waals surface area contributed by atoms with Gasteiger partial charge in [0.2, 0.25) is 0 Å². The number of carbonyl (C=O) groups excluding carboxylic acids is 1. The van der Waals surface area contributed by atoms with Gasteiger partial charge in [-0.2, -0.15) is 0 Å². The topological polar surface area (TPSA) is 38.3 Å². The number of rotatable bonds is 1. The third kappa shape index (κ3) is 1.35. The first kappa shape index (κ1) is 9.06. The average molecular weight is 191 g/mol. The monoisotopic (exact) mass is 191 g/mol. The average Bonchev–Trinajstić information content (AvgIpc) is 2.59. The fourth-order valence-electron chi connectivity index (χ4n) is 1.75. The fourth-order valence-corrected chi connectivity index (χ4v) is 1.75. The molecule has 0 saturated carbocycles. The molecular weight excluding hydrogens is 178 g/mol. The number of carbonyl (C=O) groups is 1. The van der Waals surface area contributed by atoms with Gasteiger partial charge >= 0.3 is 5.97 Å². The highest BCUT2D eigenvalue weighted by Gasteiger charge is 2.19. The molecule has 0 aromatic heterocycles. The molecule has 0 bridgehead atoms. The Hall–Kier alpha value is -1.51. The number of hydrogen-bond donors (Lipinski definition) is 1. The molecule has 0 aliphatic carbocycles. The zero-order valence-electron chi connectivity index (χ0n) is 8.33. The van der Waals surface area contributed by atoms with Crippen molar-refractivity contribution in [2.75, 3.05) is 19.0 Å². The van der Waals surface area contributed by atoms with Crippen LogP contribution in [0.5, 0.6) is 0 Å². The van der Waals surface area contributed by atoms with Crippen molar-refractivity contribution in [1.29, 1.82) is 0 Å². The van der Waals surface area contributed by atoms with Gasteiger partial charge in [0.15, 0.2) is 0 Å². The third-order valence-corrected chi connectivity index (χ3v) is 2.60. The molecule has 3 nitrogen and oxygen atoms in total. The van der Waals surface area contributed by atoms with Gasteiger partial charge in [0.05, 0.1) is 12.7 Å². The van der Waals surface area contributed by atoms with Crippen molar-refractivity contribution in [1.82, 2.24) is 0 Å². The molecule has 0 spiro atoms. The van der Waals surface area contributed by atoms with Crippen LogP contribution in [0.25, 0.3) is 0 Å². The summed E-state index contributed by atoms with van der Waals surface area (Å²) in [6, 6.07) is 5.63. The summed E-state index contributed by atoms with van der Waals surface area (Å²) in [6.45, 7) is 3.08. The molecule has 1 aromatic rings. The Bertz CT molecular complexity index is 374. The standard InChI is InChI=1S/C11H13NO2/c1-7-6-12-10-4-3-8(5-9(7)10)11(13)14-2/h3-5,7,12H,6H2,1-2H3. The first-order valence-corrected chi connectivity index (χ1v) is 4.68. The lowest BCUT2D eigenvalue weighted by molar-refractivity contribution is 0.0600. The number of hydrogen-bond acceptors (Lipinski definition) is 3. The van der Waals surface area contributed by atoms with E-state index < -0.39 is 0 Å². The Kier molecular flexibility index (Phi) is 2.15. The van der Waals surface area contributed by atoms with Gasteiger partial charge in [0.1, 0.15) is 0 Å². The minimum absolute atomic E-state index is 0.271. The summed E-state index contributed by atoms with van der Waals surface area (Å²) in [7, 11) is 1.40. The summed E-state index contributed by atoms with van der Waals surface area (Å²) < 4.78 is 4.67. The number of fused-ring (bicyclic) bond motifs is 1. The molecular formula is C11H13NO2. The first-order valence-electron chi connectivity index (χ1n) is 4.68. The lowest BCUT2D eigenvalue weighted by atomic mass is 10.0. The molecule has 14 heavy (non-hydrogen) atoms. The van der Waals surface area contributed by atoms with Crippen LogP contribution in [0.3, 0.4) is 0 Å². The van der Waals surface area contributed by atoms with Gasteiger partial charge < -0.3 is 10.1 Å². The lowest BCUT2D eigenvalue weighted by Crippen LogP contribution is -2.01. The molecule has 1 aliphatic rings. The maximum atomic E-state index is 11.3. The molecule has 2 rings (SSSR count). The second-order valence-corrected chi connectivity index (χ2v) is 3.58. The van der Waals surface area contributed by atoms with Crippen molar-refractivity contribution in [2.24, 2.45) is 0 Å². The van der Waals surface area contributed by atoms with Gasteiger partial charge in [-0.3, -0.25) is 0 Å². The molecule has 74 valence electrons. The van der Waals surface area contributed by atoms with E-state index in [1.54, 1.807) is 6.07 Å². The van der Waals surface area contributed by atoms with Gasteiger partial charge in [-0.1, -0.05) is 6.92 Å². The van der Waals surface area contributed by atoms with Gasteiger partial charge in [-0.25, -0.2) is 4.79 Å². The highest BCUT2D eigenvalue weighted by Crippen LogP contribution is 2.31. The van der Waals surface area contributed by atoms with Crippen LogP contribution in [-0.2, 0) is 4.74 Å². The number of ether oxygens (including phenoxy) is 1. The molecule has 0 saturated heterocycles. The predicted molar refractivity (Wildman–Crippen MR) is 54.7 cm³/mol. The van der Waals surface area contributed by atoms with Crippen LogP contribution in [-0.4, -0.2) is 19.6 Å². The largest absolute Gasteiger partial charge is 0.465 e. The van der Waals surface area contributed by atoms with Crippen molar-refractivity contribution in [3.63, 3.8) is 0 Å². The first-order chi connectivity index (χ1) is 6.72. The molecule has 0 amide bonds. The molecule has 0 radical (unpaired) electrons. The minimum Gasteiger partial charge on any atom is -0.465 e. The van der Waals surface area contributed by atoms with Crippen molar-refractivity contribution >= 4 is 11.7 Å². The van der Waals surface area contributed by atoms with Crippen LogP contribution in [0.1, 0.15) is 28.8 Å². The molecule has 3 heteroatoms. The highest BCUT2D eigenvalue weighted by atomic mass is 16.5. The number of benzene rings is 1. The summed E-state index contributed by atoms with van der Waals surface area (Å²) in [5.41, 5.74) is 2.96. The van der Waals surface area contributed by atoms with Crippen LogP contribution >= 0.6 is 0 Å². The van der Waals surface area contributed by atoms with E-state index in [0.717, 1.165) is 12.2 Å². The lowest BCUT2D eigenvalue weighted by Gasteiger charge is -2.04. The van der Waals surface area contributed by atoms with Crippen LogP contribution in [0.15, 0.2) is 18.2 Å². The second-order valence-electron chi connectivity index (χ2n) is 3.58. The normalized spacial score (nSPS) is 18.6. The Morgan fingerprint density at radius 2 is 2.36 bits per heavy atom. The molecule has 1 unspecified atom stereocenters. The summed E-state index contributed by atoms with van der Waals surface area (Å²) in [5.74, 6) is 0.196. The highest BCUT2D eigenvalue weighted by molar-refractivity contribution is 5.90.